The number of amides is 1. The molecule has 0 saturated heterocycles. The molecule has 1 aromatic heterocycles. The number of carbonyl (C=O) groups is 2. The van der Waals surface area contributed by atoms with Gasteiger partial charge in [0, 0.05) is 23.4 Å². The molecule has 11 heteroatoms. The van der Waals surface area contributed by atoms with Gasteiger partial charge < -0.3 is 15.2 Å². The molecule has 0 aliphatic rings. The van der Waals surface area contributed by atoms with Crippen molar-refractivity contribution in [3.63, 3.8) is 0 Å². The van der Waals surface area contributed by atoms with Crippen molar-refractivity contribution in [2.75, 3.05) is 12.4 Å². The molecule has 0 aliphatic heterocycles. The summed E-state index contributed by atoms with van der Waals surface area (Å²) in [6, 6.07) is 13.3. The van der Waals surface area contributed by atoms with E-state index >= 15 is 4.39 Å². The molecule has 40 heavy (non-hydrogen) atoms. The number of hydrogen-bond acceptors (Lipinski definition) is 5. The molecule has 1 heterocycles. The first kappa shape index (κ1) is 28.8. The van der Waals surface area contributed by atoms with Crippen LogP contribution in [-0.2, 0) is 13.0 Å². The van der Waals surface area contributed by atoms with Gasteiger partial charge in [-0.05, 0) is 54.3 Å². The summed E-state index contributed by atoms with van der Waals surface area (Å²) >= 11 is 4.27. The van der Waals surface area contributed by atoms with E-state index in [1.165, 1.54) is 41.1 Å². The Kier molecular flexibility index (Phi) is 9.15. The molecule has 0 radical (unpaired) electrons. The summed E-state index contributed by atoms with van der Waals surface area (Å²) in [5, 5.41) is 12.3. The molecular weight excluding hydrogens is 543 g/mol. The molecular formula is C29H26F3N3O4S. The third kappa shape index (κ3) is 6.66. The smallest absolute Gasteiger partial charge is 0.336 e. The first-order valence-corrected chi connectivity index (χ1v) is 13.0. The fourth-order valence-electron chi connectivity index (χ4n) is 4.31. The number of halogens is 3. The van der Waals surface area contributed by atoms with Crippen molar-refractivity contribution in [1.29, 1.82) is 0 Å². The van der Waals surface area contributed by atoms with E-state index in [9.17, 15) is 23.5 Å². The van der Waals surface area contributed by atoms with Crippen LogP contribution in [0.1, 0.15) is 38.9 Å². The standard InChI is InChI=1S/C29H26F3N3O4S/c1-2-39-29-33-14-26(27(36)34-22(16-40)11-17-9-20(30)13-21(31)10-17)35(29)15-19-8-7-18(12-25(19)32)23-5-3-4-6-24(23)28(37)38/h3-10,12-14,22,40H,2,11,15-16H2,1H3,(H,34,36)(H,37,38)/t22-/m1/s1. The van der Waals surface area contributed by atoms with Gasteiger partial charge in [0.2, 0.25) is 0 Å². The number of aromatic carboxylic acids is 1. The van der Waals surface area contributed by atoms with Crippen LogP contribution in [0.15, 0.2) is 66.9 Å². The van der Waals surface area contributed by atoms with Gasteiger partial charge in [0.1, 0.15) is 23.1 Å². The van der Waals surface area contributed by atoms with Crippen LogP contribution in [0.5, 0.6) is 6.01 Å². The minimum Gasteiger partial charge on any atom is -0.478 e. The predicted octanol–water partition coefficient (Wildman–Crippen LogP) is 5.38. The van der Waals surface area contributed by atoms with E-state index in [0.29, 0.717) is 16.7 Å². The molecule has 208 valence electrons. The van der Waals surface area contributed by atoms with Crippen molar-refractivity contribution in [3.05, 3.63) is 107 Å². The summed E-state index contributed by atoms with van der Waals surface area (Å²) in [5.41, 5.74) is 1.45. The van der Waals surface area contributed by atoms with Gasteiger partial charge in [0.05, 0.1) is 24.9 Å². The lowest BCUT2D eigenvalue weighted by Crippen LogP contribution is -2.39. The number of nitrogens with zero attached hydrogens (tertiary/aromatic N) is 2. The fraction of sp³-hybridized carbons (Fsp3) is 0.207. The third-order valence-corrected chi connectivity index (χ3v) is 6.58. The highest BCUT2D eigenvalue weighted by Gasteiger charge is 2.22. The Hall–Kier alpha value is -4.25. The molecule has 0 bridgehead atoms. The highest BCUT2D eigenvalue weighted by atomic mass is 32.1. The van der Waals surface area contributed by atoms with Crippen molar-refractivity contribution in [2.24, 2.45) is 0 Å². The van der Waals surface area contributed by atoms with E-state index in [2.05, 4.69) is 22.9 Å². The number of ether oxygens (including phenoxy) is 1. The number of benzene rings is 3. The molecule has 0 unspecified atom stereocenters. The average molecular weight is 570 g/mol. The summed E-state index contributed by atoms with van der Waals surface area (Å²) < 4.78 is 49.5. The van der Waals surface area contributed by atoms with Crippen molar-refractivity contribution in [3.8, 4) is 17.1 Å². The molecule has 2 N–H and O–H groups in total. The largest absolute Gasteiger partial charge is 0.478 e. The number of thiol groups is 1. The molecule has 4 rings (SSSR count). The zero-order valence-electron chi connectivity index (χ0n) is 21.4. The number of carboxylic acid groups (broad SMARTS) is 1. The highest BCUT2D eigenvalue weighted by molar-refractivity contribution is 7.80. The molecule has 3 aromatic carbocycles. The van der Waals surface area contributed by atoms with Gasteiger partial charge in [-0.25, -0.2) is 22.9 Å². The van der Waals surface area contributed by atoms with Gasteiger partial charge in [-0.1, -0.05) is 30.3 Å². The van der Waals surface area contributed by atoms with Crippen LogP contribution in [0, 0.1) is 17.5 Å². The second-order valence-electron chi connectivity index (χ2n) is 8.94. The Labute approximate surface area is 234 Å². The quantitative estimate of drug-likeness (QED) is 0.211. The van der Waals surface area contributed by atoms with Crippen LogP contribution >= 0.6 is 12.6 Å². The van der Waals surface area contributed by atoms with Crippen LogP contribution in [0.2, 0.25) is 0 Å². The van der Waals surface area contributed by atoms with Gasteiger partial charge in [0.15, 0.2) is 0 Å². The van der Waals surface area contributed by atoms with Crippen LogP contribution in [0.3, 0.4) is 0 Å². The highest BCUT2D eigenvalue weighted by Crippen LogP contribution is 2.27. The van der Waals surface area contributed by atoms with E-state index in [1.807, 2.05) is 0 Å². The fourth-order valence-corrected chi connectivity index (χ4v) is 4.53. The summed E-state index contributed by atoms with van der Waals surface area (Å²) in [4.78, 5) is 29.0. The van der Waals surface area contributed by atoms with E-state index in [-0.39, 0.29) is 48.2 Å². The van der Waals surface area contributed by atoms with Gasteiger partial charge in [0.25, 0.3) is 11.9 Å². The van der Waals surface area contributed by atoms with Gasteiger partial charge in [-0.15, -0.1) is 0 Å². The van der Waals surface area contributed by atoms with Crippen LogP contribution in [0.25, 0.3) is 11.1 Å². The Bertz CT molecular complexity index is 1520. The maximum Gasteiger partial charge on any atom is 0.336 e. The Morgan fingerprint density at radius 2 is 1.80 bits per heavy atom. The summed E-state index contributed by atoms with van der Waals surface area (Å²) in [7, 11) is 0. The first-order chi connectivity index (χ1) is 19.2. The predicted molar refractivity (Wildman–Crippen MR) is 146 cm³/mol. The van der Waals surface area contributed by atoms with E-state index in [4.69, 9.17) is 4.74 Å². The zero-order chi connectivity index (χ0) is 28.8. The number of hydrogen-bond donors (Lipinski definition) is 3. The Morgan fingerprint density at radius 3 is 2.45 bits per heavy atom. The van der Waals surface area contributed by atoms with Crippen molar-refractivity contribution in [1.82, 2.24) is 14.9 Å². The Balaban J connectivity index is 1.59. The molecule has 1 amide bonds. The van der Waals surface area contributed by atoms with Gasteiger partial charge in [-0.2, -0.15) is 12.6 Å². The maximum atomic E-state index is 15.3. The van der Waals surface area contributed by atoms with Crippen molar-refractivity contribution < 1.29 is 32.6 Å². The van der Waals surface area contributed by atoms with E-state index in [1.54, 1.807) is 31.2 Å². The summed E-state index contributed by atoms with van der Waals surface area (Å²) in [5.74, 6) is -3.55. The molecule has 0 fully saturated rings. The van der Waals surface area contributed by atoms with Gasteiger partial charge >= 0.3 is 5.97 Å². The summed E-state index contributed by atoms with van der Waals surface area (Å²) in [6.45, 7) is 1.88. The third-order valence-electron chi connectivity index (χ3n) is 6.14. The lowest BCUT2D eigenvalue weighted by atomic mass is 9.98. The molecule has 0 spiro atoms. The minimum absolute atomic E-state index is 0.0431. The van der Waals surface area contributed by atoms with Crippen molar-refractivity contribution >= 4 is 24.5 Å². The second-order valence-corrected chi connectivity index (χ2v) is 9.30. The number of imidazole rings is 1. The number of carbonyl (C=O) groups excluding carboxylic acids is 1. The number of nitrogens with one attached hydrogen (secondary N) is 1. The van der Waals surface area contributed by atoms with E-state index < -0.39 is 35.4 Å². The molecule has 0 aliphatic carbocycles. The van der Waals surface area contributed by atoms with E-state index in [0.717, 1.165) is 6.07 Å². The molecule has 0 saturated carbocycles. The lowest BCUT2D eigenvalue weighted by molar-refractivity contribution is 0.0697. The van der Waals surface area contributed by atoms with Crippen molar-refractivity contribution in [2.45, 2.75) is 25.9 Å². The Morgan fingerprint density at radius 1 is 1.07 bits per heavy atom. The lowest BCUT2D eigenvalue weighted by Gasteiger charge is -2.18. The first-order valence-electron chi connectivity index (χ1n) is 12.4. The topological polar surface area (TPSA) is 93.5 Å². The minimum atomic E-state index is -1.13. The molecule has 4 aromatic rings. The number of carboxylic acids is 1. The number of rotatable bonds is 11. The normalized spacial score (nSPS) is 11.7. The molecule has 1 atom stereocenters. The van der Waals surface area contributed by atoms with Crippen LogP contribution in [-0.4, -0.2) is 44.9 Å². The zero-order valence-corrected chi connectivity index (χ0v) is 22.3. The van der Waals surface area contributed by atoms with Crippen LogP contribution < -0.4 is 10.1 Å². The monoisotopic (exact) mass is 569 g/mol. The van der Waals surface area contributed by atoms with Crippen LogP contribution in [0.4, 0.5) is 13.2 Å². The average Bonchev–Trinajstić information content (AvgIpc) is 3.31. The van der Waals surface area contributed by atoms with Gasteiger partial charge in [-0.3, -0.25) is 9.36 Å². The SMILES string of the molecule is CCOc1ncc(C(=O)N[C@@H](CS)Cc2cc(F)cc(F)c2)n1Cc1ccc(-c2ccccc2C(=O)O)cc1F. The summed E-state index contributed by atoms with van der Waals surface area (Å²) in [6.07, 6.45) is 1.43. The maximum absolute atomic E-state index is 15.3. The number of aromatic nitrogens is 2. The second kappa shape index (κ2) is 12.7. The molecule has 7 nitrogen and oxygen atoms in total.